The zero-order valence-corrected chi connectivity index (χ0v) is 11.4. The summed E-state index contributed by atoms with van der Waals surface area (Å²) >= 11 is 4.46. The lowest BCUT2D eigenvalue weighted by Gasteiger charge is -2.11. The Bertz CT molecular complexity index is 620. The molecular formula is C14H14O3S. The molecule has 0 atom stereocenters. The normalized spacial score (nSPS) is 10.4. The lowest BCUT2D eigenvalue weighted by molar-refractivity contribution is 0.0600. The van der Waals surface area contributed by atoms with Crippen LogP contribution in [-0.4, -0.2) is 20.2 Å². The third-order valence-corrected chi connectivity index (χ3v) is 3.49. The topological polar surface area (TPSA) is 35.5 Å². The highest BCUT2D eigenvalue weighted by Crippen LogP contribution is 2.33. The van der Waals surface area contributed by atoms with E-state index in [4.69, 9.17) is 9.47 Å². The standard InChI is InChI=1S/C14H14O3S/c1-8-9-6-7-12(16-2)13(18)11(9)5-4-10(8)14(15)17-3/h4-7,18H,1-3H3. The fraction of sp³-hybridized carbons (Fsp3) is 0.214. The number of ether oxygens (including phenoxy) is 2. The van der Waals surface area contributed by atoms with E-state index in [1.54, 1.807) is 13.2 Å². The van der Waals surface area contributed by atoms with Crippen LogP contribution < -0.4 is 4.74 Å². The van der Waals surface area contributed by atoms with E-state index in [0.717, 1.165) is 27.0 Å². The highest BCUT2D eigenvalue weighted by atomic mass is 32.1. The number of benzene rings is 2. The molecule has 2 aromatic carbocycles. The van der Waals surface area contributed by atoms with Crippen LogP contribution in [0, 0.1) is 6.92 Å². The molecule has 0 fully saturated rings. The monoisotopic (exact) mass is 262 g/mol. The molecule has 3 nitrogen and oxygen atoms in total. The molecule has 0 saturated heterocycles. The van der Waals surface area contributed by atoms with Gasteiger partial charge in [-0.3, -0.25) is 0 Å². The molecular weight excluding hydrogens is 248 g/mol. The van der Waals surface area contributed by atoms with Crippen molar-refractivity contribution in [3.8, 4) is 5.75 Å². The van der Waals surface area contributed by atoms with Crippen molar-refractivity contribution in [3.05, 3.63) is 35.4 Å². The van der Waals surface area contributed by atoms with Crippen LogP contribution in [-0.2, 0) is 4.74 Å². The van der Waals surface area contributed by atoms with Crippen LogP contribution in [0.2, 0.25) is 0 Å². The van der Waals surface area contributed by atoms with E-state index < -0.39 is 0 Å². The fourth-order valence-corrected chi connectivity index (χ4v) is 2.38. The van der Waals surface area contributed by atoms with E-state index in [1.165, 1.54) is 7.11 Å². The van der Waals surface area contributed by atoms with Gasteiger partial charge in [0.15, 0.2) is 0 Å². The molecule has 94 valence electrons. The average molecular weight is 262 g/mol. The predicted molar refractivity (Wildman–Crippen MR) is 73.8 cm³/mol. The first-order chi connectivity index (χ1) is 8.60. The predicted octanol–water partition coefficient (Wildman–Crippen LogP) is 3.23. The molecule has 0 N–H and O–H groups in total. The van der Waals surface area contributed by atoms with E-state index in [-0.39, 0.29) is 5.97 Å². The van der Waals surface area contributed by atoms with E-state index >= 15 is 0 Å². The van der Waals surface area contributed by atoms with Gasteiger partial charge >= 0.3 is 5.97 Å². The summed E-state index contributed by atoms with van der Waals surface area (Å²) in [4.78, 5) is 12.4. The Morgan fingerprint density at radius 3 is 2.39 bits per heavy atom. The second-order valence-corrected chi connectivity index (χ2v) is 4.39. The van der Waals surface area contributed by atoms with Gasteiger partial charge in [0.05, 0.1) is 24.7 Å². The number of thiol groups is 1. The van der Waals surface area contributed by atoms with Gasteiger partial charge in [-0.2, -0.15) is 0 Å². The van der Waals surface area contributed by atoms with Crippen LogP contribution in [0.15, 0.2) is 29.2 Å². The summed E-state index contributed by atoms with van der Waals surface area (Å²) in [6.07, 6.45) is 0. The maximum absolute atomic E-state index is 11.6. The average Bonchev–Trinajstić information content (AvgIpc) is 2.39. The zero-order chi connectivity index (χ0) is 13.3. The van der Waals surface area contributed by atoms with E-state index in [2.05, 4.69) is 12.6 Å². The summed E-state index contributed by atoms with van der Waals surface area (Å²) in [7, 11) is 2.99. The Hall–Kier alpha value is -1.68. The highest BCUT2D eigenvalue weighted by Gasteiger charge is 2.13. The quantitative estimate of drug-likeness (QED) is 0.666. The van der Waals surface area contributed by atoms with Gasteiger partial charge in [0, 0.05) is 0 Å². The summed E-state index contributed by atoms with van der Waals surface area (Å²) in [5.41, 5.74) is 1.46. The Morgan fingerprint density at radius 2 is 1.78 bits per heavy atom. The molecule has 0 unspecified atom stereocenters. The van der Waals surface area contributed by atoms with Crippen LogP contribution in [0.1, 0.15) is 15.9 Å². The number of methoxy groups -OCH3 is 2. The lowest BCUT2D eigenvalue weighted by atomic mass is 10.00. The molecule has 0 amide bonds. The smallest absolute Gasteiger partial charge is 0.338 e. The number of rotatable bonds is 2. The van der Waals surface area contributed by atoms with Gasteiger partial charge < -0.3 is 9.47 Å². The SMILES string of the molecule is COC(=O)c1ccc2c(S)c(OC)ccc2c1C. The summed E-state index contributed by atoms with van der Waals surface area (Å²) in [6.45, 7) is 1.90. The van der Waals surface area contributed by atoms with Crippen molar-refractivity contribution in [1.82, 2.24) is 0 Å². The molecule has 0 saturated carbocycles. The van der Waals surface area contributed by atoms with Gasteiger partial charge in [0.25, 0.3) is 0 Å². The Morgan fingerprint density at radius 1 is 1.11 bits per heavy atom. The number of hydrogen-bond acceptors (Lipinski definition) is 4. The van der Waals surface area contributed by atoms with Gasteiger partial charge in [0.2, 0.25) is 0 Å². The summed E-state index contributed by atoms with van der Waals surface area (Å²) in [6, 6.07) is 7.39. The van der Waals surface area contributed by atoms with Crippen molar-refractivity contribution in [2.24, 2.45) is 0 Å². The number of carbonyl (C=O) groups excluding carboxylic acids is 1. The zero-order valence-electron chi connectivity index (χ0n) is 10.5. The first-order valence-corrected chi connectivity index (χ1v) is 5.92. The molecule has 4 heteroatoms. The molecule has 0 aliphatic heterocycles. The van der Waals surface area contributed by atoms with Crippen molar-refractivity contribution >= 4 is 29.4 Å². The molecule has 0 aliphatic carbocycles. The highest BCUT2D eigenvalue weighted by molar-refractivity contribution is 7.80. The van der Waals surface area contributed by atoms with Crippen molar-refractivity contribution < 1.29 is 14.3 Å². The summed E-state index contributed by atoms with van der Waals surface area (Å²) in [5, 5.41) is 1.94. The Balaban J connectivity index is 2.73. The summed E-state index contributed by atoms with van der Waals surface area (Å²) in [5.74, 6) is 0.391. The van der Waals surface area contributed by atoms with Crippen LogP contribution in [0.3, 0.4) is 0 Å². The molecule has 0 heterocycles. The molecule has 0 aromatic heterocycles. The minimum absolute atomic E-state index is 0.328. The number of esters is 1. The molecule has 0 bridgehead atoms. The van der Waals surface area contributed by atoms with Crippen molar-refractivity contribution in [2.75, 3.05) is 14.2 Å². The second kappa shape index (κ2) is 4.90. The third-order valence-electron chi connectivity index (χ3n) is 3.03. The van der Waals surface area contributed by atoms with Crippen LogP contribution in [0.4, 0.5) is 0 Å². The van der Waals surface area contributed by atoms with E-state index in [0.29, 0.717) is 5.56 Å². The number of hydrogen-bond donors (Lipinski definition) is 1. The van der Waals surface area contributed by atoms with Crippen LogP contribution >= 0.6 is 12.6 Å². The van der Waals surface area contributed by atoms with Crippen LogP contribution in [0.5, 0.6) is 5.75 Å². The van der Waals surface area contributed by atoms with Gasteiger partial charge in [-0.25, -0.2) is 4.79 Å². The van der Waals surface area contributed by atoms with Gasteiger partial charge in [-0.15, -0.1) is 12.6 Å². The molecule has 0 spiro atoms. The Labute approximate surface area is 111 Å². The van der Waals surface area contributed by atoms with E-state index in [1.807, 2.05) is 25.1 Å². The van der Waals surface area contributed by atoms with Crippen molar-refractivity contribution in [3.63, 3.8) is 0 Å². The summed E-state index contributed by atoms with van der Waals surface area (Å²) < 4.78 is 9.98. The van der Waals surface area contributed by atoms with Gasteiger partial charge in [-0.1, -0.05) is 12.1 Å². The third kappa shape index (κ3) is 1.93. The lowest BCUT2D eigenvalue weighted by Crippen LogP contribution is -2.04. The van der Waals surface area contributed by atoms with Crippen molar-refractivity contribution in [2.45, 2.75) is 11.8 Å². The maximum Gasteiger partial charge on any atom is 0.338 e. The van der Waals surface area contributed by atoms with Gasteiger partial charge in [0.1, 0.15) is 5.75 Å². The minimum atomic E-state index is -0.328. The Kier molecular flexibility index (Phi) is 3.48. The maximum atomic E-state index is 11.6. The van der Waals surface area contributed by atoms with Gasteiger partial charge in [-0.05, 0) is 35.4 Å². The van der Waals surface area contributed by atoms with Crippen molar-refractivity contribution in [1.29, 1.82) is 0 Å². The second-order valence-electron chi connectivity index (χ2n) is 3.94. The largest absolute Gasteiger partial charge is 0.496 e. The number of fused-ring (bicyclic) bond motifs is 1. The first kappa shape index (κ1) is 12.8. The van der Waals surface area contributed by atoms with Crippen LogP contribution in [0.25, 0.3) is 10.8 Å². The number of aryl methyl sites for hydroxylation is 1. The number of carbonyl (C=O) groups is 1. The molecule has 2 aromatic rings. The molecule has 18 heavy (non-hydrogen) atoms. The van der Waals surface area contributed by atoms with E-state index in [9.17, 15) is 4.79 Å². The fourth-order valence-electron chi connectivity index (χ4n) is 2.02. The molecule has 0 radical (unpaired) electrons. The minimum Gasteiger partial charge on any atom is -0.496 e. The first-order valence-electron chi connectivity index (χ1n) is 5.47. The molecule has 0 aliphatic rings. The molecule has 2 rings (SSSR count).